The van der Waals surface area contributed by atoms with E-state index in [0.717, 1.165) is 42.3 Å². The third-order valence-electron chi connectivity index (χ3n) is 11.3. The second kappa shape index (κ2) is 12.5. The Bertz CT molecular complexity index is 2800. The number of aliphatic imine (C=N–C) groups is 1. The first-order chi connectivity index (χ1) is 26.0. The first-order valence-electron chi connectivity index (χ1n) is 18.8. The van der Waals surface area contributed by atoms with Crippen LogP contribution in [-0.4, -0.2) is 16.9 Å². The molecule has 4 heteroatoms. The fourth-order valence-electron chi connectivity index (χ4n) is 8.92. The summed E-state index contributed by atoms with van der Waals surface area (Å²) in [6, 6.07) is 46.6. The lowest BCUT2D eigenvalue weighted by molar-refractivity contribution is 0.750. The Balaban J connectivity index is 1.29. The van der Waals surface area contributed by atoms with Crippen LogP contribution in [0.25, 0.3) is 43.1 Å². The molecule has 0 fully saturated rings. The van der Waals surface area contributed by atoms with E-state index in [9.17, 15) is 0 Å². The Morgan fingerprint density at radius 3 is 1.89 bits per heavy atom. The third-order valence-corrected chi connectivity index (χ3v) is 11.3. The van der Waals surface area contributed by atoms with E-state index in [2.05, 4.69) is 164 Å². The minimum Gasteiger partial charge on any atom is -0.294 e. The van der Waals surface area contributed by atoms with Crippen LogP contribution in [0.5, 0.6) is 0 Å². The Labute approximate surface area is 310 Å². The lowest BCUT2D eigenvalue weighted by atomic mass is 9.81. The molecule has 1 atom stereocenters. The molecule has 1 aromatic heterocycles. The van der Waals surface area contributed by atoms with Crippen LogP contribution in [0.4, 0.5) is 28.6 Å². The summed E-state index contributed by atoms with van der Waals surface area (Å²) in [6.07, 6.45) is 9.27. The van der Waals surface area contributed by atoms with Crippen LogP contribution in [0.15, 0.2) is 151 Å². The maximum Gasteiger partial charge on any atom is 0.137 e. The SMILES string of the molecule is Cc1cc(N(C2=NC(C)CC=C2)c2cccc3ccccc23)c2ccc3c(C)cc(N(c4ccccn4)c4cccc5ccccc45)c4c3c2c1CC4. The topological polar surface area (TPSA) is 31.7 Å². The second-order valence-electron chi connectivity index (χ2n) is 14.6. The van der Waals surface area contributed by atoms with E-state index in [4.69, 9.17) is 9.98 Å². The van der Waals surface area contributed by atoms with Gasteiger partial charge in [0, 0.05) is 22.4 Å². The summed E-state index contributed by atoms with van der Waals surface area (Å²) < 4.78 is 0. The largest absolute Gasteiger partial charge is 0.294 e. The second-order valence-corrected chi connectivity index (χ2v) is 14.6. The van der Waals surface area contributed by atoms with E-state index >= 15 is 0 Å². The zero-order valence-electron chi connectivity index (χ0n) is 30.3. The zero-order valence-corrected chi connectivity index (χ0v) is 30.3. The van der Waals surface area contributed by atoms with Crippen molar-refractivity contribution in [1.82, 2.24) is 4.98 Å². The summed E-state index contributed by atoms with van der Waals surface area (Å²) in [5, 5.41) is 10.1. The normalized spacial score (nSPS) is 15.1. The molecule has 7 aromatic carbocycles. The van der Waals surface area contributed by atoms with Gasteiger partial charge >= 0.3 is 0 Å². The lowest BCUT2D eigenvalue weighted by Gasteiger charge is -2.33. The molecule has 0 spiro atoms. The summed E-state index contributed by atoms with van der Waals surface area (Å²) in [5.74, 6) is 1.90. The van der Waals surface area contributed by atoms with E-state index < -0.39 is 0 Å². The van der Waals surface area contributed by atoms with Gasteiger partial charge in [-0.2, -0.15) is 0 Å². The Morgan fingerprint density at radius 2 is 1.17 bits per heavy atom. The molecule has 256 valence electrons. The fraction of sp³-hybridized carbons (Fsp3) is 0.143. The van der Waals surface area contributed by atoms with E-state index in [0.29, 0.717) is 0 Å². The summed E-state index contributed by atoms with van der Waals surface area (Å²) in [4.78, 5) is 15.1. The molecule has 0 N–H and O–H groups in total. The van der Waals surface area contributed by atoms with Crippen molar-refractivity contribution in [2.24, 2.45) is 4.99 Å². The molecule has 0 radical (unpaired) electrons. The van der Waals surface area contributed by atoms with Crippen molar-refractivity contribution in [2.45, 2.75) is 46.1 Å². The van der Waals surface area contributed by atoms with E-state index in [1.807, 2.05) is 12.3 Å². The smallest absolute Gasteiger partial charge is 0.137 e. The van der Waals surface area contributed by atoms with Gasteiger partial charge in [-0.15, -0.1) is 0 Å². The fourth-order valence-corrected chi connectivity index (χ4v) is 8.92. The van der Waals surface area contributed by atoms with Crippen LogP contribution < -0.4 is 9.80 Å². The number of pyridine rings is 1. The maximum absolute atomic E-state index is 5.28. The van der Waals surface area contributed by atoms with Gasteiger partial charge in [-0.25, -0.2) is 4.98 Å². The van der Waals surface area contributed by atoms with Crippen LogP contribution >= 0.6 is 0 Å². The quantitative estimate of drug-likeness (QED) is 0.169. The highest BCUT2D eigenvalue weighted by Crippen LogP contribution is 2.49. The highest BCUT2D eigenvalue weighted by molar-refractivity contribution is 6.23. The van der Waals surface area contributed by atoms with Crippen LogP contribution in [0, 0.1) is 13.8 Å². The van der Waals surface area contributed by atoms with E-state index in [-0.39, 0.29) is 6.04 Å². The summed E-state index contributed by atoms with van der Waals surface area (Å²) in [5.41, 5.74) is 10.1. The van der Waals surface area contributed by atoms with Crippen molar-refractivity contribution >= 4 is 77.5 Å². The molecule has 2 heterocycles. The number of anilines is 5. The van der Waals surface area contributed by atoms with Gasteiger partial charge in [-0.1, -0.05) is 97.1 Å². The molecule has 8 aromatic rings. The van der Waals surface area contributed by atoms with Crippen molar-refractivity contribution in [3.63, 3.8) is 0 Å². The number of hydrogen-bond acceptors (Lipinski definition) is 4. The molecule has 0 amide bonds. The summed E-state index contributed by atoms with van der Waals surface area (Å²) in [7, 11) is 0. The lowest BCUT2D eigenvalue weighted by Crippen LogP contribution is -2.28. The van der Waals surface area contributed by atoms with Crippen LogP contribution in [0.2, 0.25) is 0 Å². The van der Waals surface area contributed by atoms with E-state index in [1.165, 1.54) is 76.7 Å². The number of nitrogens with zero attached hydrogens (tertiary/aromatic N) is 4. The Kier molecular flexibility index (Phi) is 7.40. The molecule has 53 heavy (non-hydrogen) atoms. The molecule has 1 unspecified atom stereocenters. The third kappa shape index (κ3) is 5.04. The molecule has 0 saturated carbocycles. The molecule has 2 aliphatic rings. The van der Waals surface area contributed by atoms with Gasteiger partial charge < -0.3 is 0 Å². The van der Waals surface area contributed by atoms with Crippen molar-refractivity contribution < 1.29 is 0 Å². The first-order valence-corrected chi connectivity index (χ1v) is 18.8. The van der Waals surface area contributed by atoms with Crippen molar-refractivity contribution in [1.29, 1.82) is 0 Å². The van der Waals surface area contributed by atoms with Gasteiger partial charge in [-0.3, -0.25) is 14.8 Å². The number of rotatable bonds is 5. The maximum atomic E-state index is 5.28. The van der Waals surface area contributed by atoms with Gasteiger partial charge in [0.05, 0.1) is 28.8 Å². The number of benzene rings is 7. The molecule has 4 nitrogen and oxygen atoms in total. The molecule has 0 saturated heterocycles. The zero-order chi connectivity index (χ0) is 35.6. The first kappa shape index (κ1) is 31.5. The predicted molar refractivity (Wildman–Crippen MR) is 225 cm³/mol. The van der Waals surface area contributed by atoms with Gasteiger partial charge in [0.25, 0.3) is 0 Å². The number of amidine groups is 1. The number of hydrogen-bond donors (Lipinski definition) is 0. The number of fused-ring (bicyclic) bond motifs is 2. The van der Waals surface area contributed by atoms with Gasteiger partial charge in [0.2, 0.25) is 0 Å². The Morgan fingerprint density at radius 1 is 0.547 bits per heavy atom. The summed E-state index contributed by atoms with van der Waals surface area (Å²) >= 11 is 0. The molecule has 1 aliphatic carbocycles. The van der Waals surface area contributed by atoms with Crippen LogP contribution in [-0.2, 0) is 12.8 Å². The van der Waals surface area contributed by atoms with Crippen LogP contribution in [0.1, 0.15) is 35.6 Å². The average Bonchev–Trinajstić information content (AvgIpc) is 3.19. The van der Waals surface area contributed by atoms with Gasteiger partial charge in [0.1, 0.15) is 11.7 Å². The minimum atomic E-state index is 0.210. The predicted octanol–water partition coefficient (Wildman–Crippen LogP) is 12.8. The monoisotopic (exact) mass is 684 g/mol. The standard InChI is InChI=1S/C49H40N4/c1-31-29-44(52(46-22-8-9-28-50-46)42-20-11-16-34-14-4-6-18-38(34)42)40-26-24-37-32(2)30-45(41-27-25-36(31)48(40)49(37)41)53(47-23-10-13-33(3)51-47)43-21-12-17-35-15-5-7-19-39(35)43/h4-12,14-23,25,27-30,33H,13,24,26H2,1-3H3. The number of aryl methyl sites for hydroxylation is 4. The highest BCUT2D eigenvalue weighted by atomic mass is 15.2. The van der Waals surface area contributed by atoms with Crippen LogP contribution in [0.3, 0.4) is 0 Å². The van der Waals surface area contributed by atoms with Crippen molar-refractivity contribution in [3.8, 4) is 0 Å². The average molecular weight is 685 g/mol. The molecular formula is C49H40N4. The molecule has 10 rings (SSSR count). The van der Waals surface area contributed by atoms with Gasteiger partial charge in [-0.05, 0) is 132 Å². The van der Waals surface area contributed by atoms with E-state index in [1.54, 1.807) is 0 Å². The molecule has 0 bridgehead atoms. The highest BCUT2D eigenvalue weighted by Gasteiger charge is 2.29. The van der Waals surface area contributed by atoms with Gasteiger partial charge in [0.15, 0.2) is 0 Å². The molecule has 1 aliphatic heterocycles. The summed E-state index contributed by atoms with van der Waals surface area (Å²) in [6.45, 7) is 6.78. The number of dihydropyridines is 1. The number of aromatic nitrogens is 1. The van der Waals surface area contributed by atoms with Crippen molar-refractivity contribution in [2.75, 3.05) is 9.80 Å². The Hall–Kier alpha value is -6.26. The molecular weight excluding hydrogens is 645 g/mol. The minimum absolute atomic E-state index is 0.210. The van der Waals surface area contributed by atoms with Crippen molar-refractivity contribution in [3.05, 3.63) is 168 Å².